The summed E-state index contributed by atoms with van der Waals surface area (Å²) in [6.45, 7) is 0. The number of carbonyl (C=O) groups excluding carboxylic acids is 3. The Labute approximate surface area is 135 Å². The first-order valence-corrected chi connectivity index (χ1v) is 7.10. The third-order valence-corrected chi connectivity index (χ3v) is 3.56. The largest absolute Gasteiger partial charge is 0.333 e. The number of fused-ring (bicyclic) bond motifs is 1. The van der Waals surface area contributed by atoms with Crippen molar-refractivity contribution >= 4 is 17.8 Å². The standard InChI is InChI=1S/C17H11F2NO4/c18-11-6-7-14(19)10(9-11)5-8-15(21)24-20-16(22)12-3-1-2-4-13(12)17(20)23/h1-4,6-7,9H,5,8H2. The van der Waals surface area contributed by atoms with E-state index >= 15 is 0 Å². The number of hydrogen-bond acceptors (Lipinski definition) is 4. The number of benzene rings is 2. The molecule has 7 heteroatoms. The van der Waals surface area contributed by atoms with Gasteiger partial charge in [-0.3, -0.25) is 9.59 Å². The fourth-order valence-electron chi connectivity index (χ4n) is 2.37. The molecular weight excluding hydrogens is 320 g/mol. The number of amides is 2. The van der Waals surface area contributed by atoms with Crippen LogP contribution in [0.2, 0.25) is 0 Å². The number of halogens is 2. The van der Waals surface area contributed by atoms with Crippen LogP contribution in [0.1, 0.15) is 32.7 Å². The second-order valence-corrected chi connectivity index (χ2v) is 5.15. The van der Waals surface area contributed by atoms with Crippen LogP contribution in [-0.2, 0) is 16.1 Å². The number of rotatable bonds is 4. The Kier molecular flexibility index (Phi) is 4.07. The zero-order chi connectivity index (χ0) is 17.3. The molecule has 1 heterocycles. The maximum Gasteiger partial charge on any atom is 0.333 e. The molecule has 0 atom stereocenters. The van der Waals surface area contributed by atoms with Crippen molar-refractivity contribution in [2.24, 2.45) is 0 Å². The molecule has 2 amide bonds. The van der Waals surface area contributed by atoms with Gasteiger partial charge in [0.05, 0.1) is 17.5 Å². The zero-order valence-electron chi connectivity index (χ0n) is 12.3. The van der Waals surface area contributed by atoms with Crippen LogP contribution in [0, 0.1) is 11.6 Å². The van der Waals surface area contributed by atoms with Crippen molar-refractivity contribution in [3.8, 4) is 0 Å². The monoisotopic (exact) mass is 331 g/mol. The number of hydroxylamine groups is 2. The van der Waals surface area contributed by atoms with Crippen LogP contribution < -0.4 is 0 Å². The van der Waals surface area contributed by atoms with Crippen molar-refractivity contribution in [2.75, 3.05) is 0 Å². The molecule has 2 aromatic carbocycles. The molecule has 0 unspecified atom stereocenters. The average Bonchev–Trinajstić information content (AvgIpc) is 2.81. The highest BCUT2D eigenvalue weighted by Crippen LogP contribution is 2.23. The third-order valence-electron chi connectivity index (χ3n) is 3.56. The van der Waals surface area contributed by atoms with Gasteiger partial charge in [-0.2, -0.15) is 0 Å². The molecule has 3 rings (SSSR count). The fraction of sp³-hybridized carbons (Fsp3) is 0.118. The smallest absolute Gasteiger partial charge is 0.330 e. The Bertz CT molecular complexity index is 815. The molecule has 0 N–H and O–H groups in total. The van der Waals surface area contributed by atoms with Crippen molar-refractivity contribution in [1.29, 1.82) is 0 Å². The lowest BCUT2D eigenvalue weighted by Crippen LogP contribution is -2.32. The molecule has 1 aliphatic heterocycles. The Morgan fingerprint density at radius 1 is 1.00 bits per heavy atom. The summed E-state index contributed by atoms with van der Waals surface area (Å²) in [7, 11) is 0. The lowest BCUT2D eigenvalue weighted by molar-refractivity contribution is -0.168. The van der Waals surface area contributed by atoms with Gasteiger partial charge in [-0.1, -0.05) is 17.2 Å². The van der Waals surface area contributed by atoms with Crippen molar-refractivity contribution in [2.45, 2.75) is 12.8 Å². The molecule has 1 aliphatic rings. The summed E-state index contributed by atoms with van der Waals surface area (Å²) < 4.78 is 26.6. The fourth-order valence-corrected chi connectivity index (χ4v) is 2.37. The van der Waals surface area contributed by atoms with Gasteiger partial charge in [0.2, 0.25) is 0 Å². The van der Waals surface area contributed by atoms with E-state index in [0.29, 0.717) is 5.06 Å². The van der Waals surface area contributed by atoms with Gasteiger partial charge in [-0.25, -0.2) is 13.6 Å². The van der Waals surface area contributed by atoms with Crippen LogP contribution in [0.4, 0.5) is 8.78 Å². The highest BCUT2D eigenvalue weighted by atomic mass is 19.1. The zero-order valence-corrected chi connectivity index (χ0v) is 12.3. The van der Waals surface area contributed by atoms with Gasteiger partial charge in [-0.15, -0.1) is 0 Å². The van der Waals surface area contributed by atoms with E-state index in [4.69, 9.17) is 4.84 Å². The van der Waals surface area contributed by atoms with Gasteiger partial charge in [-0.05, 0) is 42.3 Å². The molecule has 0 bridgehead atoms. The normalized spacial score (nSPS) is 13.2. The summed E-state index contributed by atoms with van der Waals surface area (Å²) in [5.41, 5.74) is 0.298. The Hall–Kier alpha value is -3.09. The molecular formula is C17H11F2NO4. The number of carbonyl (C=O) groups is 3. The van der Waals surface area contributed by atoms with Crippen LogP contribution in [-0.4, -0.2) is 22.8 Å². The van der Waals surface area contributed by atoms with Gasteiger partial charge in [0, 0.05) is 0 Å². The molecule has 0 saturated carbocycles. The maximum atomic E-state index is 13.5. The van der Waals surface area contributed by atoms with E-state index < -0.39 is 29.4 Å². The Balaban J connectivity index is 1.65. The molecule has 2 aromatic rings. The minimum Gasteiger partial charge on any atom is -0.330 e. The van der Waals surface area contributed by atoms with Crippen LogP contribution in [0.25, 0.3) is 0 Å². The molecule has 122 valence electrons. The van der Waals surface area contributed by atoms with Gasteiger partial charge < -0.3 is 4.84 Å². The predicted molar refractivity (Wildman–Crippen MR) is 77.7 cm³/mol. The van der Waals surface area contributed by atoms with E-state index in [9.17, 15) is 23.2 Å². The minimum atomic E-state index is -0.895. The average molecular weight is 331 g/mol. The minimum absolute atomic E-state index is 0.00862. The van der Waals surface area contributed by atoms with Crippen molar-refractivity contribution in [3.05, 3.63) is 70.8 Å². The number of nitrogens with zero attached hydrogens (tertiary/aromatic N) is 1. The van der Waals surface area contributed by atoms with E-state index in [1.165, 1.54) is 12.1 Å². The van der Waals surface area contributed by atoms with Crippen LogP contribution >= 0.6 is 0 Å². The topological polar surface area (TPSA) is 63.7 Å². The van der Waals surface area contributed by atoms with Crippen molar-refractivity contribution in [3.63, 3.8) is 0 Å². The van der Waals surface area contributed by atoms with Gasteiger partial charge in [0.25, 0.3) is 11.8 Å². The highest BCUT2D eigenvalue weighted by Gasteiger charge is 2.38. The molecule has 0 spiro atoms. The van der Waals surface area contributed by atoms with Gasteiger partial charge >= 0.3 is 5.97 Å². The first-order valence-electron chi connectivity index (χ1n) is 7.10. The summed E-state index contributed by atoms with van der Waals surface area (Å²) in [6.07, 6.45) is -0.431. The van der Waals surface area contributed by atoms with E-state index in [2.05, 4.69) is 0 Å². The quantitative estimate of drug-likeness (QED) is 0.808. The highest BCUT2D eigenvalue weighted by molar-refractivity contribution is 6.20. The summed E-state index contributed by atoms with van der Waals surface area (Å²) in [6, 6.07) is 8.97. The molecule has 0 radical (unpaired) electrons. The van der Waals surface area contributed by atoms with E-state index in [0.717, 1.165) is 18.2 Å². The Morgan fingerprint density at radius 3 is 2.25 bits per heavy atom. The van der Waals surface area contributed by atoms with Gasteiger partial charge in [0.1, 0.15) is 11.6 Å². The molecule has 0 saturated heterocycles. The van der Waals surface area contributed by atoms with E-state index in [1.807, 2.05) is 0 Å². The SMILES string of the molecule is O=C(CCc1cc(F)ccc1F)ON1C(=O)c2ccccc2C1=O. The maximum absolute atomic E-state index is 13.5. The summed E-state index contributed by atoms with van der Waals surface area (Å²) in [5.74, 6) is -3.64. The molecule has 0 fully saturated rings. The lowest BCUT2D eigenvalue weighted by Gasteiger charge is -2.12. The first-order chi connectivity index (χ1) is 11.5. The van der Waals surface area contributed by atoms with Gasteiger partial charge in [0.15, 0.2) is 0 Å². The summed E-state index contributed by atoms with van der Waals surface area (Å²) in [5, 5.41) is 0.384. The number of aryl methyl sites for hydroxylation is 1. The number of hydrogen-bond donors (Lipinski definition) is 0. The van der Waals surface area contributed by atoms with Crippen LogP contribution in [0.15, 0.2) is 42.5 Å². The second-order valence-electron chi connectivity index (χ2n) is 5.15. The molecule has 5 nitrogen and oxygen atoms in total. The number of imide groups is 1. The first kappa shape index (κ1) is 15.8. The van der Waals surface area contributed by atoms with Crippen molar-refractivity contribution in [1.82, 2.24) is 5.06 Å². The Morgan fingerprint density at radius 2 is 1.62 bits per heavy atom. The third kappa shape index (κ3) is 2.88. The lowest BCUT2D eigenvalue weighted by atomic mass is 10.1. The van der Waals surface area contributed by atoms with E-state index in [-0.39, 0.29) is 29.5 Å². The summed E-state index contributed by atoms with van der Waals surface area (Å²) in [4.78, 5) is 40.7. The molecule has 0 aromatic heterocycles. The van der Waals surface area contributed by atoms with E-state index in [1.54, 1.807) is 12.1 Å². The molecule has 24 heavy (non-hydrogen) atoms. The molecule has 0 aliphatic carbocycles. The predicted octanol–water partition coefficient (Wildman–Crippen LogP) is 2.65. The second kappa shape index (κ2) is 6.19. The van der Waals surface area contributed by atoms with Crippen LogP contribution in [0.5, 0.6) is 0 Å². The van der Waals surface area contributed by atoms with Crippen LogP contribution in [0.3, 0.4) is 0 Å². The summed E-state index contributed by atoms with van der Waals surface area (Å²) >= 11 is 0. The van der Waals surface area contributed by atoms with Crippen molar-refractivity contribution < 1.29 is 28.0 Å².